The standard InChI is InChI=1S/C53H63NO15Si/c1-10-70(11-2,12-3)69-41(38(33-22-16-13-17-23-33)54-47(60)34-24-18-14-19-25-34)49(62)66-36-28-53(63)46(67-48(61)35-26-20-15-21-27-35)42-51(9,43(58)39(57)45-52(42,29-64-45)68-32(6)56)44(59)40(65-31(5)55)37(30(36)4)50(53,7)8/h13-27,36,38,40-43,45-46,58,63H,10-12,28-29H2,1-9H3,(H,54,60)/t36-,38-,40+,41+,42?,43-,45+,46?,51-,52+,53+/m0/s1. The van der Waals surface area contributed by atoms with Crippen LogP contribution in [0.2, 0.25) is 18.1 Å². The van der Waals surface area contributed by atoms with E-state index in [9.17, 15) is 34.2 Å². The van der Waals surface area contributed by atoms with Crippen molar-refractivity contribution in [1.29, 1.82) is 0 Å². The van der Waals surface area contributed by atoms with E-state index in [1.807, 2.05) is 20.8 Å². The largest absolute Gasteiger partial charge is 0.456 e. The molecule has 3 N–H and O–H groups in total. The van der Waals surface area contributed by atoms with Gasteiger partial charge >= 0.3 is 23.9 Å². The molecule has 7 rings (SSSR count). The third kappa shape index (κ3) is 8.73. The molecule has 0 aromatic heterocycles. The third-order valence-corrected chi connectivity index (χ3v) is 20.2. The van der Waals surface area contributed by atoms with Crippen LogP contribution in [0, 0.1) is 16.7 Å². The van der Waals surface area contributed by atoms with Gasteiger partial charge in [-0.1, -0.05) is 101 Å². The molecule has 17 heteroatoms. The van der Waals surface area contributed by atoms with Gasteiger partial charge in [0.1, 0.15) is 23.9 Å². The maximum atomic E-state index is 15.8. The number of esters is 4. The second kappa shape index (κ2) is 19.7. The fraction of sp³-hybridized carbons (Fsp3) is 0.491. The van der Waals surface area contributed by atoms with Crippen LogP contribution in [-0.4, -0.2) is 114 Å². The molecule has 0 radical (unpaired) electrons. The highest BCUT2D eigenvalue weighted by Gasteiger charge is 2.80. The van der Waals surface area contributed by atoms with E-state index < -0.39 is 133 Å². The van der Waals surface area contributed by atoms with Crippen LogP contribution in [0.25, 0.3) is 0 Å². The number of carbonyl (C=O) groups is 7. The van der Waals surface area contributed by atoms with E-state index >= 15 is 9.59 Å². The molecular weight excluding hydrogens is 919 g/mol. The van der Waals surface area contributed by atoms with Crippen LogP contribution in [0.5, 0.6) is 0 Å². The van der Waals surface area contributed by atoms with E-state index in [4.69, 9.17) is 28.1 Å². The van der Waals surface area contributed by atoms with Crippen LogP contribution in [0.1, 0.15) is 101 Å². The summed E-state index contributed by atoms with van der Waals surface area (Å²) < 4.78 is 37.7. The predicted octanol–water partition coefficient (Wildman–Crippen LogP) is 5.94. The molecule has 2 bridgehead atoms. The SMILES string of the molecule is CC[Si](CC)(CC)O[C@@H](C(=O)O[C@H]1C[C@@]2(O)C(OC(=O)c3ccccc3)C3[C@](C)(C(=O)[C@H](OC(C)=O)C(=C1C)C2(C)C)[C@@H](O)C(=O)[C@H]1OC[C@@]31OC(C)=O)[C@@H](NC(=O)c1ccccc1)c1ccccc1. The fourth-order valence-electron chi connectivity index (χ4n) is 11.5. The van der Waals surface area contributed by atoms with Gasteiger partial charge in [-0.15, -0.1) is 0 Å². The summed E-state index contributed by atoms with van der Waals surface area (Å²) in [5.74, 6) is -8.13. The number of amides is 1. The molecule has 3 aromatic rings. The smallest absolute Gasteiger partial charge is 0.338 e. The van der Waals surface area contributed by atoms with Crippen LogP contribution in [-0.2, 0) is 52.1 Å². The van der Waals surface area contributed by atoms with Crippen LogP contribution in [0.3, 0.4) is 0 Å². The number of fused-ring (bicyclic) bond motifs is 5. The van der Waals surface area contributed by atoms with E-state index in [1.54, 1.807) is 99.6 Å². The minimum absolute atomic E-state index is 0.0258. The lowest BCUT2D eigenvalue weighted by molar-refractivity contribution is -0.327. The van der Waals surface area contributed by atoms with Gasteiger partial charge in [0.15, 0.2) is 43.8 Å². The normalized spacial score (nSPS) is 29.9. The van der Waals surface area contributed by atoms with Gasteiger partial charge in [0.2, 0.25) is 0 Å². The zero-order valence-corrected chi connectivity index (χ0v) is 42.0. The molecule has 1 amide bonds. The lowest BCUT2D eigenvalue weighted by Crippen LogP contribution is -2.84. The summed E-state index contributed by atoms with van der Waals surface area (Å²) in [5, 5.41) is 29.2. The summed E-state index contributed by atoms with van der Waals surface area (Å²) in [6.07, 6.45) is -11.4. The molecule has 2 unspecified atom stereocenters. The zero-order valence-electron chi connectivity index (χ0n) is 41.0. The average molecular weight is 982 g/mol. The minimum atomic E-state index is -2.77. The quantitative estimate of drug-likeness (QED) is 0.0693. The Hall–Kier alpha value is -5.85. The van der Waals surface area contributed by atoms with Crippen LogP contribution in [0.15, 0.2) is 102 Å². The molecule has 0 spiro atoms. The lowest BCUT2D eigenvalue weighted by atomic mass is 9.44. The number of hydrogen-bond acceptors (Lipinski definition) is 15. The second-order valence-electron chi connectivity index (χ2n) is 19.6. The summed E-state index contributed by atoms with van der Waals surface area (Å²) in [6, 6.07) is 25.7. The zero-order chi connectivity index (χ0) is 51.1. The minimum Gasteiger partial charge on any atom is -0.456 e. The van der Waals surface area contributed by atoms with Gasteiger partial charge in [-0.3, -0.25) is 24.0 Å². The lowest BCUT2D eigenvalue weighted by Gasteiger charge is -2.66. The van der Waals surface area contributed by atoms with E-state index in [0.717, 1.165) is 13.8 Å². The van der Waals surface area contributed by atoms with Gasteiger partial charge in [0.05, 0.1) is 29.5 Å². The number of aliphatic hydroxyl groups is 2. The van der Waals surface area contributed by atoms with Gasteiger partial charge < -0.3 is 43.6 Å². The van der Waals surface area contributed by atoms with Crippen molar-refractivity contribution < 1.29 is 71.9 Å². The monoisotopic (exact) mass is 981 g/mol. The van der Waals surface area contributed by atoms with Gasteiger partial charge in [-0.05, 0) is 73.0 Å². The molecule has 3 fully saturated rings. The number of Topliss-reactive ketones (excluding diaryl/α,β-unsaturated/α-hetero) is 2. The van der Waals surface area contributed by atoms with Crippen molar-refractivity contribution in [3.8, 4) is 0 Å². The first-order valence-electron chi connectivity index (χ1n) is 23.8. The van der Waals surface area contributed by atoms with Crippen molar-refractivity contribution in [2.24, 2.45) is 16.7 Å². The third-order valence-electron chi connectivity index (χ3n) is 15.6. The Labute approximate surface area is 408 Å². The highest BCUT2D eigenvalue weighted by atomic mass is 28.4. The average Bonchev–Trinajstić information content (AvgIpc) is 3.33. The van der Waals surface area contributed by atoms with Crippen LogP contribution in [0.4, 0.5) is 0 Å². The summed E-state index contributed by atoms with van der Waals surface area (Å²) in [7, 11) is -2.77. The first-order valence-corrected chi connectivity index (χ1v) is 26.3. The first kappa shape index (κ1) is 52.0. The number of nitrogens with one attached hydrogen (secondary N) is 1. The molecule has 3 aromatic carbocycles. The Morgan fingerprint density at radius 1 is 0.800 bits per heavy atom. The Balaban J connectivity index is 1.46. The Morgan fingerprint density at radius 3 is 1.87 bits per heavy atom. The van der Waals surface area contributed by atoms with Crippen LogP contribution >= 0.6 is 0 Å². The number of carbonyl (C=O) groups excluding carboxylic acids is 7. The number of rotatable bonds is 15. The molecular formula is C53H63NO15Si. The van der Waals surface area contributed by atoms with Crippen molar-refractivity contribution in [2.45, 2.75) is 141 Å². The van der Waals surface area contributed by atoms with Crippen molar-refractivity contribution >= 4 is 49.7 Å². The molecule has 3 aliphatic carbocycles. The molecule has 2 saturated carbocycles. The molecule has 1 aliphatic heterocycles. The van der Waals surface area contributed by atoms with Crippen molar-refractivity contribution in [1.82, 2.24) is 5.32 Å². The maximum absolute atomic E-state index is 15.8. The van der Waals surface area contributed by atoms with Gasteiger partial charge in [-0.2, -0.15) is 0 Å². The van der Waals surface area contributed by atoms with E-state index in [2.05, 4.69) is 5.32 Å². The second-order valence-corrected chi connectivity index (χ2v) is 24.4. The van der Waals surface area contributed by atoms with Crippen molar-refractivity contribution in [3.63, 3.8) is 0 Å². The molecule has 70 heavy (non-hydrogen) atoms. The Kier molecular flexibility index (Phi) is 14.7. The van der Waals surface area contributed by atoms with Crippen molar-refractivity contribution in [2.75, 3.05) is 6.61 Å². The van der Waals surface area contributed by atoms with E-state index in [0.29, 0.717) is 29.3 Å². The van der Waals surface area contributed by atoms with Crippen molar-refractivity contribution in [3.05, 3.63) is 119 Å². The summed E-state index contributed by atoms with van der Waals surface area (Å²) >= 11 is 0. The highest BCUT2D eigenvalue weighted by molar-refractivity contribution is 6.73. The molecule has 11 atom stereocenters. The molecule has 374 valence electrons. The van der Waals surface area contributed by atoms with E-state index in [-0.39, 0.29) is 16.7 Å². The number of ketones is 2. The van der Waals surface area contributed by atoms with E-state index in [1.165, 1.54) is 19.1 Å². The molecule has 16 nitrogen and oxygen atoms in total. The summed E-state index contributed by atoms with van der Waals surface area (Å²) in [4.78, 5) is 100. The number of ether oxygens (including phenoxy) is 5. The predicted molar refractivity (Wildman–Crippen MR) is 254 cm³/mol. The fourth-order valence-corrected chi connectivity index (χ4v) is 14.2. The summed E-state index contributed by atoms with van der Waals surface area (Å²) in [5.41, 5.74) is -7.79. The number of hydrogen-bond donors (Lipinski definition) is 3. The molecule has 1 saturated heterocycles. The highest BCUT2D eigenvalue weighted by Crippen LogP contribution is 2.64. The van der Waals surface area contributed by atoms with Gasteiger partial charge in [-0.25, -0.2) is 9.59 Å². The number of aliphatic hydroxyl groups excluding tert-OH is 1. The van der Waals surface area contributed by atoms with Gasteiger partial charge in [0, 0.05) is 31.2 Å². The Bertz CT molecular complexity index is 2540. The van der Waals surface area contributed by atoms with Crippen LogP contribution < -0.4 is 5.32 Å². The first-order chi connectivity index (χ1) is 33.1. The molecule has 4 aliphatic rings. The summed E-state index contributed by atoms with van der Waals surface area (Å²) in [6.45, 7) is 13.4. The number of benzene rings is 3. The Morgan fingerprint density at radius 2 is 1.36 bits per heavy atom. The maximum Gasteiger partial charge on any atom is 0.338 e. The molecule has 1 heterocycles. The van der Waals surface area contributed by atoms with Gasteiger partial charge in [0.25, 0.3) is 5.91 Å². The topological polar surface area (TPSA) is 227 Å².